The maximum Gasteiger partial charge on any atom is 0.227 e. The fourth-order valence-electron chi connectivity index (χ4n) is 3.12. The molecule has 6 nitrogen and oxygen atoms in total. The lowest BCUT2D eigenvalue weighted by molar-refractivity contribution is -0.121. The lowest BCUT2D eigenvalue weighted by Gasteiger charge is -2.24. The third-order valence-corrected chi connectivity index (χ3v) is 4.88. The zero-order valence-electron chi connectivity index (χ0n) is 15.2. The Hall–Kier alpha value is -2.73. The minimum absolute atomic E-state index is 0.0495. The van der Waals surface area contributed by atoms with E-state index >= 15 is 0 Å². The monoisotopic (exact) mass is 388 g/mol. The van der Waals surface area contributed by atoms with E-state index in [0.717, 1.165) is 11.3 Å². The third-order valence-electron chi connectivity index (χ3n) is 4.58. The first kappa shape index (κ1) is 19.0. The topological polar surface area (TPSA) is 76.7 Å². The number of benzene rings is 2. The second kappa shape index (κ2) is 8.31. The van der Waals surface area contributed by atoms with E-state index in [1.807, 2.05) is 24.3 Å². The second-order valence-corrected chi connectivity index (χ2v) is 6.73. The van der Waals surface area contributed by atoms with Crippen LogP contribution >= 0.6 is 11.6 Å². The van der Waals surface area contributed by atoms with Gasteiger partial charge in [0, 0.05) is 24.1 Å². The molecule has 0 aliphatic carbocycles. The van der Waals surface area contributed by atoms with Crippen LogP contribution < -0.4 is 20.1 Å². The summed E-state index contributed by atoms with van der Waals surface area (Å²) in [5.41, 5.74) is 2.40. The SMILES string of the molecule is COc1cc(OC)c(NC(=O)CCC2Cc3ccccc3NC2=O)cc1Cl. The van der Waals surface area contributed by atoms with E-state index in [1.54, 1.807) is 12.1 Å². The molecule has 0 radical (unpaired) electrons. The van der Waals surface area contributed by atoms with Crippen molar-refractivity contribution in [2.24, 2.45) is 5.92 Å². The van der Waals surface area contributed by atoms with Crippen LogP contribution in [0.5, 0.6) is 11.5 Å². The molecule has 1 atom stereocenters. The van der Waals surface area contributed by atoms with E-state index in [2.05, 4.69) is 10.6 Å². The van der Waals surface area contributed by atoms with E-state index < -0.39 is 0 Å². The van der Waals surface area contributed by atoms with Crippen molar-refractivity contribution in [3.63, 3.8) is 0 Å². The van der Waals surface area contributed by atoms with Crippen LogP contribution in [0.25, 0.3) is 0 Å². The quantitative estimate of drug-likeness (QED) is 0.787. The number of fused-ring (bicyclic) bond motifs is 1. The van der Waals surface area contributed by atoms with Gasteiger partial charge in [-0.3, -0.25) is 9.59 Å². The predicted octanol–water partition coefficient (Wildman–Crippen LogP) is 3.89. The van der Waals surface area contributed by atoms with E-state index in [1.165, 1.54) is 14.2 Å². The Kier molecular flexibility index (Phi) is 5.86. The third kappa shape index (κ3) is 4.34. The summed E-state index contributed by atoms with van der Waals surface area (Å²) in [6, 6.07) is 10.9. The number of amides is 2. The van der Waals surface area contributed by atoms with E-state index in [-0.39, 0.29) is 24.2 Å². The molecule has 1 aliphatic heterocycles. The lowest BCUT2D eigenvalue weighted by Crippen LogP contribution is -2.30. The summed E-state index contributed by atoms with van der Waals surface area (Å²) in [7, 11) is 3.01. The number of hydrogen-bond donors (Lipinski definition) is 2. The molecule has 142 valence electrons. The molecule has 0 fully saturated rings. The van der Waals surface area contributed by atoms with Crippen LogP contribution in [-0.2, 0) is 16.0 Å². The summed E-state index contributed by atoms with van der Waals surface area (Å²) in [6.45, 7) is 0. The number of halogens is 1. The van der Waals surface area contributed by atoms with Gasteiger partial charge < -0.3 is 20.1 Å². The standard InChI is InChI=1S/C20H21ClN2O4/c1-26-17-11-18(27-2)16(10-14(17)21)22-19(24)8-7-13-9-12-5-3-4-6-15(12)23-20(13)25/h3-6,10-11,13H,7-9H2,1-2H3,(H,22,24)(H,23,25). The van der Waals surface area contributed by atoms with Crippen LogP contribution in [0.15, 0.2) is 36.4 Å². The molecule has 2 aromatic carbocycles. The van der Waals surface area contributed by atoms with Gasteiger partial charge in [-0.15, -0.1) is 0 Å². The molecule has 0 spiro atoms. The van der Waals surface area contributed by atoms with Gasteiger partial charge in [0.05, 0.1) is 24.9 Å². The van der Waals surface area contributed by atoms with Gasteiger partial charge in [-0.25, -0.2) is 0 Å². The maximum atomic E-state index is 12.4. The Balaban J connectivity index is 1.62. The zero-order chi connectivity index (χ0) is 19.4. The molecule has 2 aromatic rings. The van der Waals surface area contributed by atoms with Crippen molar-refractivity contribution in [1.82, 2.24) is 0 Å². The largest absolute Gasteiger partial charge is 0.495 e. The van der Waals surface area contributed by atoms with E-state index in [4.69, 9.17) is 21.1 Å². The Morgan fingerprint density at radius 2 is 1.96 bits per heavy atom. The van der Waals surface area contributed by atoms with Crippen LogP contribution in [0, 0.1) is 5.92 Å². The highest BCUT2D eigenvalue weighted by molar-refractivity contribution is 6.32. The number of rotatable bonds is 6. The van der Waals surface area contributed by atoms with Crippen molar-refractivity contribution >= 4 is 34.8 Å². The smallest absolute Gasteiger partial charge is 0.227 e. The summed E-state index contributed by atoms with van der Waals surface area (Å²) < 4.78 is 10.4. The van der Waals surface area contributed by atoms with Crippen molar-refractivity contribution in [2.75, 3.05) is 24.9 Å². The van der Waals surface area contributed by atoms with Gasteiger partial charge in [-0.1, -0.05) is 29.8 Å². The average molecular weight is 389 g/mol. The molecular formula is C20H21ClN2O4. The summed E-state index contributed by atoms with van der Waals surface area (Å²) in [5.74, 6) is 0.428. The Morgan fingerprint density at radius 3 is 2.70 bits per heavy atom. The molecule has 0 saturated heterocycles. The van der Waals surface area contributed by atoms with Crippen molar-refractivity contribution in [3.05, 3.63) is 47.0 Å². The first-order valence-electron chi connectivity index (χ1n) is 8.62. The van der Waals surface area contributed by atoms with Crippen molar-refractivity contribution in [3.8, 4) is 11.5 Å². The van der Waals surface area contributed by atoms with Gasteiger partial charge in [-0.05, 0) is 30.5 Å². The van der Waals surface area contributed by atoms with Gasteiger partial charge in [0.2, 0.25) is 11.8 Å². The van der Waals surface area contributed by atoms with Gasteiger partial charge in [0.25, 0.3) is 0 Å². The Bertz CT molecular complexity index is 869. The highest BCUT2D eigenvalue weighted by Gasteiger charge is 2.26. The van der Waals surface area contributed by atoms with E-state index in [9.17, 15) is 9.59 Å². The fourth-order valence-corrected chi connectivity index (χ4v) is 3.36. The number of anilines is 2. The zero-order valence-corrected chi connectivity index (χ0v) is 15.9. The molecule has 1 heterocycles. The molecule has 7 heteroatoms. The van der Waals surface area contributed by atoms with Gasteiger partial charge in [0.1, 0.15) is 11.5 Å². The molecule has 2 N–H and O–H groups in total. The molecule has 27 heavy (non-hydrogen) atoms. The van der Waals surface area contributed by atoms with Crippen molar-refractivity contribution in [2.45, 2.75) is 19.3 Å². The molecule has 3 rings (SSSR count). The number of methoxy groups -OCH3 is 2. The molecule has 0 bridgehead atoms. The minimum atomic E-state index is -0.230. The normalized spacial score (nSPS) is 15.5. The molecular weight excluding hydrogens is 368 g/mol. The molecule has 1 aliphatic rings. The number of para-hydroxylation sites is 1. The number of ether oxygens (including phenoxy) is 2. The molecule has 0 aromatic heterocycles. The fraction of sp³-hybridized carbons (Fsp3) is 0.300. The number of hydrogen-bond acceptors (Lipinski definition) is 4. The molecule has 2 amide bonds. The lowest BCUT2D eigenvalue weighted by atomic mass is 9.89. The Labute approximate surface area is 162 Å². The number of nitrogens with one attached hydrogen (secondary N) is 2. The van der Waals surface area contributed by atoms with Crippen LogP contribution in [0.4, 0.5) is 11.4 Å². The summed E-state index contributed by atoms with van der Waals surface area (Å²) in [6.07, 6.45) is 1.30. The number of carbonyl (C=O) groups excluding carboxylic acids is 2. The molecule has 1 unspecified atom stereocenters. The van der Waals surface area contributed by atoms with Crippen molar-refractivity contribution in [1.29, 1.82) is 0 Å². The number of carbonyl (C=O) groups is 2. The minimum Gasteiger partial charge on any atom is -0.495 e. The van der Waals surface area contributed by atoms with Gasteiger partial charge in [-0.2, -0.15) is 0 Å². The van der Waals surface area contributed by atoms with Crippen LogP contribution in [-0.4, -0.2) is 26.0 Å². The highest BCUT2D eigenvalue weighted by atomic mass is 35.5. The van der Waals surface area contributed by atoms with Gasteiger partial charge >= 0.3 is 0 Å². The summed E-state index contributed by atoms with van der Waals surface area (Å²) in [5, 5.41) is 6.06. The van der Waals surface area contributed by atoms with E-state index in [0.29, 0.717) is 35.1 Å². The van der Waals surface area contributed by atoms with Crippen LogP contribution in [0.3, 0.4) is 0 Å². The van der Waals surface area contributed by atoms with Crippen LogP contribution in [0.1, 0.15) is 18.4 Å². The predicted molar refractivity (Wildman–Crippen MR) is 105 cm³/mol. The first-order valence-corrected chi connectivity index (χ1v) is 8.99. The second-order valence-electron chi connectivity index (χ2n) is 6.32. The van der Waals surface area contributed by atoms with Crippen LogP contribution in [0.2, 0.25) is 5.02 Å². The average Bonchev–Trinajstić information content (AvgIpc) is 2.66. The van der Waals surface area contributed by atoms with Gasteiger partial charge in [0.15, 0.2) is 0 Å². The van der Waals surface area contributed by atoms with Crippen molar-refractivity contribution < 1.29 is 19.1 Å². The highest BCUT2D eigenvalue weighted by Crippen LogP contribution is 2.36. The molecule has 0 saturated carbocycles. The first-order chi connectivity index (χ1) is 13.0. The summed E-state index contributed by atoms with van der Waals surface area (Å²) in [4.78, 5) is 24.6. The Morgan fingerprint density at radius 1 is 1.22 bits per heavy atom. The maximum absolute atomic E-state index is 12.4. The summed E-state index contributed by atoms with van der Waals surface area (Å²) >= 11 is 6.12.